The molecule has 5 rings (SSSR count). The minimum absolute atomic E-state index is 0.117. The van der Waals surface area contributed by atoms with Gasteiger partial charge in [-0.15, -0.1) is 11.8 Å². The number of aliphatic imine (C=N–C) groups is 1. The third-order valence-electron chi connectivity index (χ3n) is 6.30. The Bertz CT molecular complexity index is 1100. The maximum Gasteiger partial charge on any atom is 0.227 e. The number of carbonyl (C=O) groups excluding carboxylic acids is 1. The Hall–Kier alpha value is -2.34. The van der Waals surface area contributed by atoms with Crippen LogP contribution in [0.25, 0.3) is 0 Å². The number of aromatic nitrogens is 2. The van der Waals surface area contributed by atoms with Crippen LogP contribution in [0.5, 0.6) is 0 Å². The second kappa shape index (κ2) is 10.7. The number of carbonyl (C=O) groups is 1. The Kier molecular flexibility index (Phi) is 7.47. The lowest BCUT2D eigenvalue weighted by molar-refractivity contribution is -0.117. The summed E-state index contributed by atoms with van der Waals surface area (Å²) in [6.07, 6.45) is 4.89. The lowest BCUT2D eigenvalue weighted by Gasteiger charge is -2.34. The summed E-state index contributed by atoms with van der Waals surface area (Å²) in [5.74, 6) is 2.85. The largest absolute Gasteiger partial charge is 0.353 e. The molecule has 186 valence electrons. The van der Waals surface area contributed by atoms with Crippen molar-refractivity contribution in [1.29, 1.82) is 0 Å². The van der Waals surface area contributed by atoms with E-state index in [4.69, 9.17) is 15.0 Å². The molecule has 3 aliphatic rings. The molecule has 3 fully saturated rings. The molecular weight excluding hydrogens is 480 g/mol. The average molecular weight is 513 g/mol. The van der Waals surface area contributed by atoms with Crippen molar-refractivity contribution >= 4 is 52.6 Å². The number of anilines is 2. The highest BCUT2D eigenvalue weighted by atomic mass is 32.2. The van der Waals surface area contributed by atoms with E-state index in [0.29, 0.717) is 17.0 Å². The van der Waals surface area contributed by atoms with Crippen molar-refractivity contribution in [2.45, 2.75) is 47.2 Å². The van der Waals surface area contributed by atoms with Crippen LogP contribution >= 0.6 is 23.5 Å². The van der Waals surface area contributed by atoms with Crippen LogP contribution in [0.2, 0.25) is 0 Å². The highest BCUT2D eigenvalue weighted by Gasteiger charge is 2.29. The lowest BCUT2D eigenvalue weighted by Crippen LogP contribution is -2.45. The number of piperazine rings is 1. The van der Waals surface area contributed by atoms with E-state index in [1.165, 1.54) is 11.8 Å². The summed E-state index contributed by atoms with van der Waals surface area (Å²) in [5.41, 5.74) is 7.22. The number of nitrogens with one attached hydrogen (secondary N) is 3. The van der Waals surface area contributed by atoms with Gasteiger partial charge >= 0.3 is 0 Å². The summed E-state index contributed by atoms with van der Waals surface area (Å²) in [4.78, 5) is 33.5. The number of amides is 1. The number of benzene rings is 1. The first kappa shape index (κ1) is 24.4. The van der Waals surface area contributed by atoms with Crippen molar-refractivity contribution < 1.29 is 4.79 Å². The molecule has 11 heteroatoms. The van der Waals surface area contributed by atoms with E-state index in [0.717, 1.165) is 72.6 Å². The molecule has 0 spiro atoms. The minimum atomic E-state index is 0.117. The van der Waals surface area contributed by atoms with Gasteiger partial charge in [0.25, 0.3) is 0 Å². The molecule has 3 heterocycles. The molecule has 0 radical (unpaired) electrons. The second-order valence-electron chi connectivity index (χ2n) is 9.30. The standard InChI is InChI=1S/C24H32N8OS2/c1-15-14-19(30-29-15)26-21-20(34-3)22(32-12-10-31(2)11-13-32)28-24(27-21)35-18-8-6-17(7-9-18)25-23(33)16-4-5-16/h6-9,15-16,29H,4-5,10-14H2,1-3H3,(H,25,33)(H,26,27,28,30). The van der Waals surface area contributed by atoms with Crippen molar-refractivity contribution in [3.8, 4) is 0 Å². The topological polar surface area (TPSA) is 97.8 Å². The number of rotatable bonds is 7. The molecule has 2 saturated heterocycles. The van der Waals surface area contributed by atoms with E-state index in [1.54, 1.807) is 11.8 Å². The smallest absolute Gasteiger partial charge is 0.227 e. The summed E-state index contributed by atoms with van der Waals surface area (Å²) >= 11 is 3.16. The molecule has 3 N–H and O–H groups in total. The van der Waals surface area contributed by atoms with Crippen LogP contribution in [-0.4, -0.2) is 72.1 Å². The normalized spacial score (nSPS) is 21.9. The highest BCUT2D eigenvalue weighted by Crippen LogP contribution is 2.39. The van der Waals surface area contributed by atoms with Gasteiger partial charge in [-0.25, -0.2) is 20.4 Å². The molecule has 1 saturated carbocycles. The van der Waals surface area contributed by atoms with E-state index in [1.807, 2.05) is 24.3 Å². The summed E-state index contributed by atoms with van der Waals surface area (Å²) < 4.78 is 0. The van der Waals surface area contributed by atoms with E-state index in [9.17, 15) is 4.79 Å². The van der Waals surface area contributed by atoms with Gasteiger partial charge in [-0.2, -0.15) is 0 Å². The molecule has 1 atom stereocenters. The average Bonchev–Trinajstić information content (AvgIpc) is 3.63. The van der Waals surface area contributed by atoms with Crippen LogP contribution in [0.1, 0.15) is 26.2 Å². The summed E-state index contributed by atoms with van der Waals surface area (Å²) in [6.45, 7) is 5.97. The fourth-order valence-corrected chi connectivity index (χ4v) is 5.42. The third kappa shape index (κ3) is 6.08. The first-order chi connectivity index (χ1) is 17.0. The lowest BCUT2D eigenvalue weighted by atomic mass is 10.3. The molecular formula is C24H32N8OS2. The van der Waals surface area contributed by atoms with E-state index >= 15 is 0 Å². The number of nitrogens with zero attached hydrogens (tertiary/aromatic N) is 5. The van der Waals surface area contributed by atoms with E-state index < -0.39 is 0 Å². The van der Waals surface area contributed by atoms with Crippen LogP contribution in [0.3, 0.4) is 0 Å². The Morgan fingerprint density at radius 2 is 1.89 bits per heavy atom. The first-order valence-corrected chi connectivity index (χ1v) is 14.1. The molecule has 9 nitrogen and oxygen atoms in total. The predicted molar refractivity (Wildman–Crippen MR) is 143 cm³/mol. The molecule has 1 aliphatic carbocycles. The number of likely N-dealkylation sites (N-methyl/N-ethyl adjacent to an activating group) is 1. The van der Waals surface area contributed by atoms with Crippen LogP contribution in [0, 0.1) is 5.92 Å². The first-order valence-electron chi connectivity index (χ1n) is 12.1. The van der Waals surface area contributed by atoms with Crippen LogP contribution < -0.4 is 21.1 Å². The molecule has 1 aromatic carbocycles. The second-order valence-corrected chi connectivity index (χ2v) is 11.2. The van der Waals surface area contributed by atoms with Crippen molar-refractivity contribution in [2.75, 3.05) is 49.7 Å². The Morgan fingerprint density at radius 1 is 1.14 bits per heavy atom. The number of amidine groups is 1. The van der Waals surface area contributed by atoms with Gasteiger partial charge in [-0.1, -0.05) is 0 Å². The van der Waals surface area contributed by atoms with Gasteiger partial charge < -0.3 is 20.5 Å². The maximum absolute atomic E-state index is 12.1. The van der Waals surface area contributed by atoms with Crippen LogP contribution in [0.4, 0.5) is 17.3 Å². The van der Waals surface area contributed by atoms with Crippen LogP contribution in [0.15, 0.2) is 44.2 Å². The molecule has 2 aliphatic heterocycles. The minimum Gasteiger partial charge on any atom is -0.353 e. The SMILES string of the molecule is CSc1c(/N=C2/CC(C)NN2)nc(Sc2ccc(NC(=O)C3CC3)cc2)nc1N1CCN(C)CC1. The van der Waals surface area contributed by atoms with E-state index in [2.05, 4.69) is 46.2 Å². The molecule has 1 unspecified atom stereocenters. The summed E-state index contributed by atoms with van der Waals surface area (Å²) in [7, 11) is 2.15. The zero-order valence-electron chi connectivity index (χ0n) is 20.4. The number of hydrazine groups is 1. The van der Waals surface area contributed by atoms with Crippen LogP contribution in [-0.2, 0) is 4.79 Å². The Labute approximate surface area is 214 Å². The number of hydrogen-bond acceptors (Lipinski definition) is 9. The van der Waals surface area contributed by atoms with Gasteiger partial charge in [-0.3, -0.25) is 4.79 Å². The van der Waals surface area contributed by atoms with Crippen molar-refractivity contribution in [3.63, 3.8) is 0 Å². The van der Waals surface area contributed by atoms with Gasteiger partial charge in [-0.05, 0) is 69.1 Å². The fourth-order valence-electron chi connectivity index (χ4n) is 4.05. The molecule has 0 bridgehead atoms. The number of hydrogen-bond donors (Lipinski definition) is 3. The van der Waals surface area contributed by atoms with Crippen molar-refractivity contribution in [3.05, 3.63) is 24.3 Å². The van der Waals surface area contributed by atoms with Crippen molar-refractivity contribution in [1.82, 2.24) is 25.7 Å². The van der Waals surface area contributed by atoms with E-state index in [-0.39, 0.29) is 11.8 Å². The number of thioether (sulfide) groups is 1. The molecule has 2 aromatic rings. The zero-order valence-corrected chi connectivity index (χ0v) is 22.0. The maximum atomic E-state index is 12.1. The molecule has 1 aromatic heterocycles. The molecule has 35 heavy (non-hydrogen) atoms. The molecule has 1 amide bonds. The van der Waals surface area contributed by atoms with Gasteiger partial charge in [0.1, 0.15) is 11.7 Å². The van der Waals surface area contributed by atoms with Gasteiger partial charge in [0.05, 0.1) is 4.90 Å². The van der Waals surface area contributed by atoms with Gasteiger partial charge in [0.15, 0.2) is 11.0 Å². The third-order valence-corrected chi connectivity index (χ3v) is 7.95. The quantitative estimate of drug-likeness (QED) is 0.381. The van der Waals surface area contributed by atoms with Gasteiger partial charge in [0.2, 0.25) is 5.91 Å². The van der Waals surface area contributed by atoms with Crippen molar-refractivity contribution in [2.24, 2.45) is 10.9 Å². The highest BCUT2D eigenvalue weighted by molar-refractivity contribution is 7.99. The Morgan fingerprint density at radius 3 is 2.51 bits per heavy atom. The summed E-state index contributed by atoms with van der Waals surface area (Å²) in [5, 5.41) is 3.67. The zero-order chi connectivity index (χ0) is 24.4. The summed E-state index contributed by atoms with van der Waals surface area (Å²) in [6, 6.07) is 8.22. The Balaban J connectivity index is 1.42. The monoisotopic (exact) mass is 512 g/mol. The van der Waals surface area contributed by atoms with Gasteiger partial charge in [0, 0.05) is 55.1 Å². The predicted octanol–water partition coefficient (Wildman–Crippen LogP) is 3.37. The fraction of sp³-hybridized carbons (Fsp3) is 0.500.